The summed E-state index contributed by atoms with van der Waals surface area (Å²) in [5, 5.41) is 0.253. The van der Waals surface area contributed by atoms with Crippen LogP contribution in [0.4, 0.5) is 4.79 Å². The van der Waals surface area contributed by atoms with Gasteiger partial charge in [0, 0.05) is 0 Å². The van der Waals surface area contributed by atoms with E-state index in [1.54, 1.807) is 0 Å². The fourth-order valence-corrected chi connectivity index (χ4v) is 2.39. The Kier molecular flexibility index (Phi) is 7.09. The number of halogens is 2. The molecule has 2 amide bonds. The van der Waals surface area contributed by atoms with Crippen molar-refractivity contribution in [1.29, 1.82) is 0 Å². The summed E-state index contributed by atoms with van der Waals surface area (Å²) in [6, 6.07) is 9.94. The third kappa shape index (κ3) is 5.95. The molecule has 1 aromatic heterocycles. The molecule has 2 aromatic rings. The van der Waals surface area contributed by atoms with Crippen LogP contribution in [0.2, 0.25) is 10.3 Å². The van der Waals surface area contributed by atoms with Crippen LogP contribution in [0.5, 0.6) is 0 Å². The van der Waals surface area contributed by atoms with Crippen LogP contribution in [0.25, 0.3) is 0 Å². The number of hydrazine groups is 1. The van der Waals surface area contributed by atoms with Gasteiger partial charge in [0.15, 0.2) is 5.15 Å². The summed E-state index contributed by atoms with van der Waals surface area (Å²) in [7, 11) is 0. The van der Waals surface area contributed by atoms with E-state index in [4.69, 9.17) is 27.9 Å². The van der Waals surface area contributed by atoms with Gasteiger partial charge >= 0.3 is 6.09 Å². The van der Waals surface area contributed by atoms with Crippen LogP contribution < -0.4 is 10.9 Å². The highest BCUT2D eigenvalue weighted by Gasteiger charge is 2.11. The molecule has 0 saturated carbocycles. The fourth-order valence-electron chi connectivity index (χ4n) is 2.08. The molecular formula is C16H18Cl2N4O3. The summed E-state index contributed by atoms with van der Waals surface area (Å²) in [4.78, 5) is 27.0. The lowest BCUT2D eigenvalue weighted by molar-refractivity contribution is -0.122. The summed E-state index contributed by atoms with van der Waals surface area (Å²) < 4.78 is 6.37. The highest BCUT2D eigenvalue weighted by molar-refractivity contribution is 6.40. The molecule has 0 aliphatic carbocycles. The Labute approximate surface area is 155 Å². The normalized spacial score (nSPS) is 11.6. The van der Waals surface area contributed by atoms with Crippen molar-refractivity contribution in [3.63, 3.8) is 0 Å². The van der Waals surface area contributed by atoms with E-state index in [1.165, 1.54) is 16.5 Å². The van der Waals surface area contributed by atoms with E-state index in [2.05, 4.69) is 22.8 Å². The number of carbonyl (C=O) groups is 2. The number of hydrogen-bond acceptors (Lipinski definition) is 4. The molecule has 0 aliphatic heterocycles. The number of amides is 2. The number of nitrogens with one attached hydrogen (secondary N) is 2. The number of imidazole rings is 1. The molecule has 134 valence electrons. The Bertz CT molecular complexity index is 721. The summed E-state index contributed by atoms with van der Waals surface area (Å²) in [6.45, 7) is 2.16. The molecule has 0 saturated heterocycles. The first kappa shape index (κ1) is 19.1. The highest BCUT2D eigenvalue weighted by atomic mass is 35.5. The van der Waals surface area contributed by atoms with Crippen molar-refractivity contribution >= 4 is 35.2 Å². The van der Waals surface area contributed by atoms with Crippen molar-refractivity contribution in [2.75, 3.05) is 6.61 Å². The number of hydrogen-bond donors (Lipinski definition) is 2. The number of aromatic nitrogens is 2. The Morgan fingerprint density at radius 1 is 1.24 bits per heavy atom. The molecule has 9 heteroatoms. The van der Waals surface area contributed by atoms with Gasteiger partial charge in [-0.3, -0.25) is 10.2 Å². The predicted octanol–water partition coefficient (Wildman–Crippen LogP) is 3.14. The third-order valence-corrected chi connectivity index (χ3v) is 4.27. The highest BCUT2D eigenvalue weighted by Crippen LogP contribution is 2.19. The van der Waals surface area contributed by atoms with Crippen molar-refractivity contribution in [3.8, 4) is 0 Å². The maximum atomic E-state index is 11.7. The predicted molar refractivity (Wildman–Crippen MR) is 94.3 cm³/mol. The molecule has 0 aliphatic rings. The SMILES string of the molecule is CC(CCOC(=O)NNC(=O)Cn1cnc(Cl)c1Cl)c1ccccc1. The molecule has 0 radical (unpaired) electrons. The summed E-state index contributed by atoms with van der Waals surface area (Å²) in [6.07, 6.45) is 1.27. The maximum absolute atomic E-state index is 11.7. The smallest absolute Gasteiger partial charge is 0.426 e. The van der Waals surface area contributed by atoms with Gasteiger partial charge in [-0.1, -0.05) is 60.5 Å². The van der Waals surface area contributed by atoms with Gasteiger partial charge in [-0.2, -0.15) is 0 Å². The molecule has 1 heterocycles. The molecule has 1 unspecified atom stereocenters. The molecule has 0 fully saturated rings. The molecule has 0 bridgehead atoms. The van der Waals surface area contributed by atoms with Gasteiger partial charge in [0.05, 0.1) is 12.9 Å². The number of benzene rings is 1. The largest absolute Gasteiger partial charge is 0.448 e. The van der Waals surface area contributed by atoms with E-state index in [0.29, 0.717) is 6.42 Å². The topological polar surface area (TPSA) is 85.3 Å². The van der Waals surface area contributed by atoms with E-state index in [-0.39, 0.29) is 29.4 Å². The van der Waals surface area contributed by atoms with Crippen LogP contribution in [0.15, 0.2) is 36.7 Å². The van der Waals surface area contributed by atoms with Crippen LogP contribution >= 0.6 is 23.2 Å². The Morgan fingerprint density at radius 2 is 1.96 bits per heavy atom. The van der Waals surface area contributed by atoms with Crippen molar-refractivity contribution < 1.29 is 14.3 Å². The minimum Gasteiger partial charge on any atom is -0.448 e. The number of nitrogens with zero attached hydrogens (tertiary/aromatic N) is 2. The molecular weight excluding hydrogens is 367 g/mol. The fraction of sp³-hybridized carbons (Fsp3) is 0.312. The van der Waals surface area contributed by atoms with Crippen LogP contribution in [-0.2, 0) is 16.1 Å². The van der Waals surface area contributed by atoms with E-state index in [1.807, 2.05) is 30.3 Å². The van der Waals surface area contributed by atoms with Gasteiger partial charge in [0.25, 0.3) is 5.91 Å². The second kappa shape index (κ2) is 9.29. The minimum atomic E-state index is -0.733. The second-order valence-electron chi connectivity index (χ2n) is 5.36. The van der Waals surface area contributed by atoms with E-state index < -0.39 is 12.0 Å². The van der Waals surface area contributed by atoms with Gasteiger partial charge in [0.2, 0.25) is 0 Å². The van der Waals surface area contributed by atoms with E-state index in [9.17, 15) is 9.59 Å². The molecule has 1 atom stereocenters. The maximum Gasteiger partial charge on any atom is 0.426 e. The van der Waals surface area contributed by atoms with E-state index in [0.717, 1.165) is 0 Å². The average Bonchev–Trinajstić information content (AvgIpc) is 2.92. The number of ether oxygens (including phenoxy) is 1. The van der Waals surface area contributed by atoms with Gasteiger partial charge < -0.3 is 9.30 Å². The number of carbonyl (C=O) groups excluding carboxylic acids is 2. The quantitative estimate of drug-likeness (QED) is 0.749. The van der Waals surface area contributed by atoms with Gasteiger partial charge in [-0.05, 0) is 17.9 Å². The summed E-state index contributed by atoms with van der Waals surface area (Å²) in [5.41, 5.74) is 5.57. The van der Waals surface area contributed by atoms with Gasteiger partial charge in [-0.15, -0.1) is 0 Å². The summed E-state index contributed by atoms with van der Waals surface area (Å²) >= 11 is 11.5. The molecule has 25 heavy (non-hydrogen) atoms. The first-order valence-electron chi connectivity index (χ1n) is 7.60. The van der Waals surface area contributed by atoms with E-state index >= 15 is 0 Å². The van der Waals surface area contributed by atoms with Crippen LogP contribution in [0, 0.1) is 0 Å². The summed E-state index contributed by atoms with van der Waals surface area (Å²) in [5.74, 6) is -0.234. The third-order valence-electron chi connectivity index (χ3n) is 3.50. The lowest BCUT2D eigenvalue weighted by Crippen LogP contribution is -2.43. The molecule has 0 spiro atoms. The first-order chi connectivity index (χ1) is 12.0. The average molecular weight is 385 g/mol. The first-order valence-corrected chi connectivity index (χ1v) is 8.35. The van der Waals surface area contributed by atoms with Crippen molar-refractivity contribution in [1.82, 2.24) is 20.4 Å². The zero-order valence-electron chi connectivity index (χ0n) is 13.5. The number of rotatable bonds is 6. The molecule has 2 N–H and O–H groups in total. The molecule has 2 rings (SSSR count). The lowest BCUT2D eigenvalue weighted by Gasteiger charge is -2.13. The Morgan fingerprint density at radius 3 is 2.60 bits per heavy atom. The minimum absolute atomic E-state index is 0.106. The van der Waals surface area contributed by atoms with Crippen LogP contribution in [0.1, 0.15) is 24.8 Å². The lowest BCUT2D eigenvalue weighted by atomic mass is 9.98. The van der Waals surface area contributed by atoms with Crippen LogP contribution in [0.3, 0.4) is 0 Å². The second-order valence-corrected chi connectivity index (χ2v) is 6.08. The van der Waals surface area contributed by atoms with Crippen molar-refractivity contribution in [2.45, 2.75) is 25.8 Å². The molecule has 1 aromatic carbocycles. The Hall–Kier alpha value is -2.25. The van der Waals surface area contributed by atoms with Gasteiger partial charge in [-0.25, -0.2) is 15.2 Å². The zero-order chi connectivity index (χ0) is 18.2. The van der Waals surface area contributed by atoms with Crippen molar-refractivity contribution in [2.24, 2.45) is 0 Å². The Balaban J connectivity index is 1.65. The van der Waals surface area contributed by atoms with Crippen LogP contribution in [-0.4, -0.2) is 28.2 Å². The molecule has 7 nitrogen and oxygen atoms in total. The zero-order valence-corrected chi connectivity index (χ0v) is 15.0. The standard InChI is InChI=1S/C16H18Cl2N4O3/c1-11(12-5-3-2-4-6-12)7-8-25-16(24)21-20-13(23)9-22-10-19-14(17)15(22)18/h2-6,10-11H,7-9H2,1H3,(H,20,23)(H,21,24). The van der Waals surface area contributed by atoms with Gasteiger partial charge in [0.1, 0.15) is 11.7 Å². The van der Waals surface area contributed by atoms with Crippen molar-refractivity contribution in [3.05, 3.63) is 52.5 Å². The monoisotopic (exact) mass is 384 g/mol.